The zero-order valence-electron chi connectivity index (χ0n) is 27.6. The molecule has 0 aliphatic heterocycles. The quantitative estimate of drug-likeness (QED) is 0.119. The predicted molar refractivity (Wildman–Crippen MR) is 193 cm³/mol. The maximum absolute atomic E-state index is 4.80. The largest absolute Gasteiger partial charge is 0.305 e. The second-order valence-electron chi connectivity index (χ2n) is 12.8. The number of pyridine rings is 2. The molecule has 0 aliphatic carbocycles. The van der Waals surface area contributed by atoms with Gasteiger partial charge in [-0.1, -0.05) is 119 Å². The molecule has 0 fully saturated rings. The Kier molecular flexibility index (Phi) is 12.2. The minimum atomic E-state index is -1.40. The second-order valence-corrected chi connectivity index (χ2v) is 17.8. The van der Waals surface area contributed by atoms with Crippen molar-refractivity contribution >= 4 is 13.3 Å². The number of aromatic nitrogens is 2. The van der Waals surface area contributed by atoms with Gasteiger partial charge >= 0.3 is 0 Å². The molecule has 235 valence electrons. The van der Waals surface area contributed by atoms with Crippen molar-refractivity contribution in [3.63, 3.8) is 0 Å². The fourth-order valence-electron chi connectivity index (χ4n) is 5.50. The monoisotopic (exact) mass is 795 g/mol. The van der Waals surface area contributed by atoms with Crippen LogP contribution in [0.15, 0.2) is 134 Å². The zero-order valence-corrected chi connectivity index (χ0v) is 31.0. The van der Waals surface area contributed by atoms with Gasteiger partial charge in [0.2, 0.25) is 0 Å². The first-order valence-corrected chi connectivity index (χ1v) is 19.3. The standard InChI is InChI=1S/C23H26NSi.C19H16N.Ir/c1-17(2)21-15-22(24-16-23(21)25(3,4)5)20-13-9-12-19(14-20)18-10-7-6-8-11-18;1-15(16-8-4-2-5-9-16)18-12-13-20-19(14-18)17-10-6-3-7-11-17;/h6-12,14-17H,1-5H3;2-10,12-15H,1H3;/q2*-1;. The predicted octanol–water partition coefficient (Wildman–Crippen LogP) is 10.6. The second kappa shape index (κ2) is 16.0. The molecule has 4 heteroatoms. The van der Waals surface area contributed by atoms with Gasteiger partial charge in [0.1, 0.15) is 0 Å². The van der Waals surface area contributed by atoms with E-state index in [4.69, 9.17) is 4.98 Å². The molecule has 0 aliphatic rings. The van der Waals surface area contributed by atoms with Crippen molar-refractivity contribution < 1.29 is 20.1 Å². The number of rotatable bonds is 7. The van der Waals surface area contributed by atoms with Crippen LogP contribution in [0.5, 0.6) is 0 Å². The summed E-state index contributed by atoms with van der Waals surface area (Å²) in [5.74, 6) is 0.863. The summed E-state index contributed by atoms with van der Waals surface area (Å²) in [6, 6.07) is 48.4. The molecule has 0 amide bonds. The van der Waals surface area contributed by atoms with E-state index >= 15 is 0 Å². The van der Waals surface area contributed by atoms with Gasteiger partial charge in [-0.2, -0.15) is 0 Å². The molecule has 0 spiro atoms. The third-order valence-corrected chi connectivity index (χ3v) is 10.2. The Morgan fingerprint density at radius 1 is 0.587 bits per heavy atom. The molecule has 2 nitrogen and oxygen atoms in total. The van der Waals surface area contributed by atoms with Crippen LogP contribution in [0.1, 0.15) is 49.3 Å². The minimum Gasteiger partial charge on any atom is -0.305 e. The van der Waals surface area contributed by atoms with Crippen molar-refractivity contribution in [2.75, 3.05) is 0 Å². The molecule has 6 rings (SSSR count). The third-order valence-electron chi connectivity index (χ3n) is 8.12. The molecule has 1 atom stereocenters. The van der Waals surface area contributed by atoms with Crippen LogP contribution in [-0.4, -0.2) is 18.0 Å². The summed E-state index contributed by atoms with van der Waals surface area (Å²) in [4.78, 5) is 9.25. The van der Waals surface area contributed by atoms with Crippen LogP contribution in [0.3, 0.4) is 0 Å². The van der Waals surface area contributed by atoms with Crippen LogP contribution in [0.4, 0.5) is 0 Å². The molecule has 46 heavy (non-hydrogen) atoms. The summed E-state index contributed by atoms with van der Waals surface area (Å²) < 4.78 is 0. The molecular weight excluding hydrogens is 753 g/mol. The Bertz CT molecular complexity index is 1810. The Hall–Kier alpha value is -3.95. The van der Waals surface area contributed by atoms with E-state index in [0.29, 0.717) is 11.8 Å². The van der Waals surface area contributed by atoms with E-state index in [2.05, 4.69) is 143 Å². The van der Waals surface area contributed by atoms with Crippen LogP contribution >= 0.6 is 0 Å². The summed E-state index contributed by atoms with van der Waals surface area (Å²) in [7, 11) is -1.40. The normalized spacial score (nSPS) is 11.6. The molecule has 0 bridgehead atoms. The smallest absolute Gasteiger partial charge is 0.0799 e. The van der Waals surface area contributed by atoms with Crippen LogP contribution in [0.25, 0.3) is 33.6 Å². The zero-order chi connectivity index (χ0) is 31.8. The van der Waals surface area contributed by atoms with E-state index in [0.717, 1.165) is 22.5 Å². The number of hydrogen-bond acceptors (Lipinski definition) is 2. The molecule has 0 saturated carbocycles. The Labute approximate surface area is 290 Å². The molecule has 2 aromatic heterocycles. The third kappa shape index (κ3) is 8.85. The van der Waals surface area contributed by atoms with Gasteiger partial charge in [-0.3, -0.25) is 0 Å². The summed E-state index contributed by atoms with van der Waals surface area (Å²) in [5.41, 5.74) is 10.6. The van der Waals surface area contributed by atoms with E-state index in [1.54, 1.807) is 0 Å². The van der Waals surface area contributed by atoms with E-state index in [1.165, 1.54) is 33.0 Å². The molecule has 0 N–H and O–H groups in total. The maximum atomic E-state index is 4.80. The molecule has 4 aromatic carbocycles. The average Bonchev–Trinajstić information content (AvgIpc) is 3.09. The first-order valence-electron chi connectivity index (χ1n) is 15.8. The van der Waals surface area contributed by atoms with Gasteiger partial charge in [-0.25, -0.2) is 0 Å². The Morgan fingerprint density at radius 3 is 1.89 bits per heavy atom. The van der Waals surface area contributed by atoms with Gasteiger partial charge < -0.3 is 9.97 Å². The number of nitrogens with zero attached hydrogens (tertiary/aromatic N) is 2. The molecule has 1 unspecified atom stereocenters. The van der Waals surface area contributed by atoms with Gasteiger partial charge in [0, 0.05) is 38.4 Å². The van der Waals surface area contributed by atoms with E-state index in [1.807, 2.05) is 48.7 Å². The van der Waals surface area contributed by atoms with Crippen molar-refractivity contribution in [2.45, 2.75) is 52.2 Å². The fraction of sp³-hybridized carbons (Fsp3) is 0.190. The number of hydrogen-bond donors (Lipinski definition) is 0. The summed E-state index contributed by atoms with van der Waals surface area (Å²) >= 11 is 0. The maximum Gasteiger partial charge on any atom is 0.0799 e. The van der Waals surface area contributed by atoms with Crippen LogP contribution in [0, 0.1) is 12.1 Å². The van der Waals surface area contributed by atoms with Gasteiger partial charge in [0.25, 0.3) is 0 Å². The van der Waals surface area contributed by atoms with Crippen LogP contribution in [0.2, 0.25) is 19.6 Å². The summed E-state index contributed by atoms with van der Waals surface area (Å²) in [6.07, 6.45) is 3.99. The molecule has 2 heterocycles. The van der Waals surface area contributed by atoms with E-state index in [-0.39, 0.29) is 20.1 Å². The van der Waals surface area contributed by atoms with Crippen LogP contribution < -0.4 is 5.19 Å². The van der Waals surface area contributed by atoms with Crippen LogP contribution in [-0.2, 0) is 20.1 Å². The van der Waals surface area contributed by atoms with Crippen molar-refractivity contribution in [3.05, 3.63) is 163 Å². The molecule has 6 aromatic rings. The fourth-order valence-corrected chi connectivity index (χ4v) is 7.18. The average molecular weight is 795 g/mol. The van der Waals surface area contributed by atoms with E-state index in [9.17, 15) is 0 Å². The molecular formula is C42H42IrN2Si-2. The first kappa shape index (κ1) is 34.9. The Balaban J connectivity index is 0.000000209. The van der Waals surface area contributed by atoms with Gasteiger partial charge in [0.15, 0.2) is 0 Å². The van der Waals surface area contributed by atoms with Crippen molar-refractivity contribution in [3.8, 4) is 33.6 Å². The topological polar surface area (TPSA) is 25.8 Å². The van der Waals surface area contributed by atoms with Gasteiger partial charge in [-0.05, 0) is 45.2 Å². The minimum absolute atomic E-state index is 0. The Morgan fingerprint density at radius 2 is 1.24 bits per heavy atom. The SMILES string of the molecule is CC(C)c1cc(-c2[c-]ccc(-c3ccccc3)c2)ncc1[Si](C)(C)C.CC(c1ccccc1)c1ccnc(-c2[c-]cccc2)c1.[Ir]. The molecule has 1 radical (unpaired) electrons. The first-order chi connectivity index (χ1) is 21.7. The number of benzene rings is 4. The molecule has 0 saturated heterocycles. The van der Waals surface area contributed by atoms with Crippen molar-refractivity contribution in [2.24, 2.45) is 0 Å². The van der Waals surface area contributed by atoms with Gasteiger partial charge in [0.05, 0.1) is 8.07 Å². The summed E-state index contributed by atoms with van der Waals surface area (Å²) in [5, 5.41) is 1.46. The van der Waals surface area contributed by atoms with Crippen molar-refractivity contribution in [1.29, 1.82) is 0 Å². The van der Waals surface area contributed by atoms with E-state index < -0.39 is 8.07 Å². The summed E-state index contributed by atoms with van der Waals surface area (Å²) in [6.45, 7) is 13.9. The van der Waals surface area contributed by atoms with Gasteiger partial charge in [-0.15, -0.1) is 71.3 Å². The van der Waals surface area contributed by atoms with Crippen molar-refractivity contribution in [1.82, 2.24) is 9.97 Å².